The first-order valence-corrected chi connectivity index (χ1v) is 0.781. The third-order valence-corrected chi connectivity index (χ3v) is 0. The molecule has 0 rings (SSSR count). The van der Waals surface area contributed by atoms with Crippen molar-refractivity contribution in [3.8, 4) is 0 Å². The molecule has 0 aromatic heterocycles. The summed E-state index contributed by atoms with van der Waals surface area (Å²) in [6.07, 6.45) is 0. The van der Waals surface area contributed by atoms with Gasteiger partial charge in [-0.3, -0.25) is 4.79 Å². The van der Waals surface area contributed by atoms with E-state index in [1.54, 1.807) is 0 Å². The van der Waals surface area contributed by atoms with Crippen LogP contribution in [-0.2, 0) is 4.79 Å². The Morgan fingerprint density at radius 2 is 1.67 bits per heavy atom. The minimum atomic E-state index is -1.08. The van der Waals surface area contributed by atoms with E-state index in [-0.39, 0.29) is 80.9 Å². The molecule has 0 aliphatic carbocycles. The van der Waals surface area contributed by atoms with Gasteiger partial charge in [-0.1, -0.05) is 0 Å². The number of carbonyl (C=O) groups is 1. The third kappa shape index (κ3) is 35.9. The van der Waals surface area contributed by atoms with E-state index in [9.17, 15) is 0 Å². The molecule has 0 atom stereocenters. The van der Waals surface area contributed by atoms with Crippen LogP contribution in [0.15, 0.2) is 0 Å². The molecule has 0 fully saturated rings. The summed E-state index contributed by atoms with van der Waals surface area (Å²) < 4.78 is 0. The summed E-state index contributed by atoms with van der Waals surface area (Å²) >= 11 is 0. The number of aliphatic carboxylic acids is 1. The Kier molecular flexibility index (Phi) is 26.6. The Labute approximate surface area is 101 Å². The molecule has 0 spiro atoms. The summed E-state index contributed by atoms with van der Waals surface area (Å²) in [6.45, 7) is 2.56. The van der Waals surface area contributed by atoms with Gasteiger partial charge >= 0.3 is 86.9 Å². The first-order valence-electron chi connectivity index (χ1n) is 0.781. The Hall–Kier alpha value is 2.11. The van der Waals surface area contributed by atoms with Crippen molar-refractivity contribution in [2.45, 2.75) is 0 Å². The van der Waals surface area contributed by atoms with E-state index in [0.29, 0.717) is 0 Å². The molecule has 4 heteroatoms. The quantitative estimate of drug-likeness (QED) is 0.403. The van der Waals surface area contributed by atoms with Gasteiger partial charge in [0.05, 0.1) is 6.92 Å². The fraction of sp³-hybridized carbons (Fsp3) is 0. The van der Waals surface area contributed by atoms with Gasteiger partial charge in [-0.05, 0) is 0 Å². The summed E-state index contributed by atoms with van der Waals surface area (Å²) in [4.78, 5) is 8.89. The molecule has 0 saturated heterocycles. The van der Waals surface area contributed by atoms with Crippen molar-refractivity contribution in [3.05, 3.63) is 6.92 Å². The van der Waals surface area contributed by atoms with E-state index in [0.717, 1.165) is 0 Å². The van der Waals surface area contributed by atoms with Gasteiger partial charge in [0.25, 0.3) is 0 Å². The first kappa shape index (κ1) is 15.7. The Bertz CT molecular complexity index is 34.5. The van der Waals surface area contributed by atoms with Crippen molar-refractivity contribution < 1.29 is 9.90 Å². The molecule has 27 valence electrons. The monoisotopic (exact) mass is 123 g/mol. The standard InChI is InChI=1S/C2H3O2.K.Na.2H/c1-2(3)4;;;;/h1H2,(H,3,4);;;;. The summed E-state index contributed by atoms with van der Waals surface area (Å²) in [5.74, 6) is -1.08. The molecule has 0 saturated carbocycles. The predicted octanol–water partition coefficient (Wildman–Crippen LogP) is -1.39. The molecule has 0 heterocycles. The predicted molar refractivity (Wildman–Crippen MR) is 27.3 cm³/mol. The van der Waals surface area contributed by atoms with Gasteiger partial charge in [-0.15, -0.1) is 0 Å². The molecule has 0 bridgehead atoms. The molecule has 0 aliphatic rings. The minimum absolute atomic E-state index is 0. The van der Waals surface area contributed by atoms with Gasteiger partial charge < -0.3 is 5.11 Å². The van der Waals surface area contributed by atoms with E-state index in [1.165, 1.54) is 0 Å². The molecule has 1 radical (unpaired) electrons. The summed E-state index contributed by atoms with van der Waals surface area (Å²) in [6, 6.07) is 0. The fourth-order valence-electron chi connectivity index (χ4n) is 0. The second kappa shape index (κ2) is 10.2. The topological polar surface area (TPSA) is 37.3 Å². The van der Waals surface area contributed by atoms with Crippen LogP contribution >= 0.6 is 0 Å². The van der Waals surface area contributed by atoms with E-state index in [2.05, 4.69) is 6.92 Å². The van der Waals surface area contributed by atoms with Gasteiger partial charge in [0.1, 0.15) is 0 Å². The number of hydrogen-bond donors (Lipinski definition) is 1. The molecule has 6 heavy (non-hydrogen) atoms. The van der Waals surface area contributed by atoms with Gasteiger partial charge in [0, 0.05) is 0 Å². The zero-order valence-electron chi connectivity index (χ0n) is 2.06. The van der Waals surface area contributed by atoms with E-state index < -0.39 is 5.97 Å². The van der Waals surface area contributed by atoms with Gasteiger partial charge in [-0.2, -0.15) is 0 Å². The number of carboxylic acids is 1. The normalized spacial score (nSPS) is 4.17. The van der Waals surface area contributed by atoms with Crippen molar-refractivity contribution in [2.24, 2.45) is 0 Å². The summed E-state index contributed by atoms with van der Waals surface area (Å²) in [7, 11) is 0. The molecule has 0 amide bonds. The van der Waals surface area contributed by atoms with E-state index >= 15 is 0 Å². The van der Waals surface area contributed by atoms with Crippen LogP contribution in [-0.4, -0.2) is 92.0 Å². The van der Waals surface area contributed by atoms with Crippen LogP contribution in [0.4, 0.5) is 0 Å². The van der Waals surface area contributed by atoms with E-state index in [1.807, 2.05) is 0 Å². The Morgan fingerprint density at radius 1 is 1.67 bits per heavy atom. The molecule has 0 aromatic carbocycles. The number of hydrogen-bond acceptors (Lipinski definition) is 1. The number of carboxylic acid groups (broad SMARTS) is 1. The molecular formula is C2H5KNaO2. The van der Waals surface area contributed by atoms with Crippen molar-refractivity contribution in [2.75, 3.05) is 0 Å². The van der Waals surface area contributed by atoms with Crippen LogP contribution in [0.2, 0.25) is 0 Å². The SMILES string of the molecule is [CH2]C(=O)O.[KH].[NaH]. The van der Waals surface area contributed by atoms with Crippen LogP contribution in [0, 0.1) is 6.92 Å². The molecular weight excluding hydrogens is 118 g/mol. The van der Waals surface area contributed by atoms with Crippen LogP contribution in [0.3, 0.4) is 0 Å². The summed E-state index contributed by atoms with van der Waals surface area (Å²) in [5.41, 5.74) is 0. The van der Waals surface area contributed by atoms with Crippen molar-refractivity contribution >= 4 is 86.9 Å². The maximum atomic E-state index is 8.89. The molecule has 0 aliphatic heterocycles. The second-order valence-corrected chi connectivity index (χ2v) is 0.394. The first-order chi connectivity index (χ1) is 1.73. The Balaban J connectivity index is -0.0000000450. The van der Waals surface area contributed by atoms with Crippen molar-refractivity contribution in [1.29, 1.82) is 0 Å². The third-order valence-electron chi connectivity index (χ3n) is 0. The molecule has 0 aromatic rings. The second-order valence-electron chi connectivity index (χ2n) is 0.394. The van der Waals surface area contributed by atoms with Crippen LogP contribution in [0.5, 0.6) is 0 Å². The van der Waals surface area contributed by atoms with Crippen molar-refractivity contribution in [1.82, 2.24) is 0 Å². The molecule has 2 nitrogen and oxygen atoms in total. The van der Waals surface area contributed by atoms with E-state index in [4.69, 9.17) is 9.90 Å². The molecule has 1 N–H and O–H groups in total. The number of rotatable bonds is 0. The van der Waals surface area contributed by atoms with Crippen LogP contribution in [0.1, 0.15) is 0 Å². The van der Waals surface area contributed by atoms with Crippen molar-refractivity contribution in [3.63, 3.8) is 0 Å². The van der Waals surface area contributed by atoms with Gasteiger partial charge in [-0.25, -0.2) is 0 Å². The zero-order valence-corrected chi connectivity index (χ0v) is 2.06. The average molecular weight is 123 g/mol. The average Bonchev–Trinajstić information content (AvgIpc) is 0.811. The zero-order chi connectivity index (χ0) is 3.58. The summed E-state index contributed by atoms with van der Waals surface area (Å²) in [5, 5.41) is 7.31. The molecule has 0 unspecified atom stereocenters. The van der Waals surface area contributed by atoms with Crippen LogP contribution < -0.4 is 0 Å². The van der Waals surface area contributed by atoms with Gasteiger partial charge in [0.15, 0.2) is 0 Å². The van der Waals surface area contributed by atoms with Gasteiger partial charge in [0.2, 0.25) is 0 Å². The fourth-order valence-corrected chi connectivity index (χ4v) is 0. The Morgan fingerprint density at radius 3 is 1.67 bits per heavy atom. The van der Waals surface area contributed by atoms with Crippen LogP contribution in [0.25, 0.3) is 0 Å². The maximum absolute atomic E-state index is 8.89.